The van der Waals surface area contributed by atoms with Crippen LogP contribution < -0.4 is 0 Å². The zero-order chi connectivity index (χ0) is 15.8. The van der Waals surface area contributed by atoms with Gasteiger partial charge in [-0.3, -0.25) is 0 Å². The predicted molar refractivity (Wildman–Crippen MR) is 104 cm³/mol. The van der Waals surface area contributed by atoms with Crippen LogP contribution in [0.3, 0.4) is 0 Å². The van der Waals surface area contributed by atoms with Gasteiger partial charge in [-0.25, -0.2) is 0 Å². The van der Waals surface area contributed by atoms with Gasteiger partial charge in [0.1, 0.15) is 0 Å². The molecule has 2 fully saturated rings. The molecule has 0 bridgehead atoms. The number of rotatable bonds is 0. The SMILES string of the molecule is CC1C(C)C(C)C(C)C1C.CC1C(C)C(C)C(C)C1C.[CH3-].[CH3-].[U+2]. The quantitative estimate of drug-likeness (QED) is 0.280. The summed E-state index contributed by atoms with van der Waals surface area (Å²) in [4.78, 5) is 0. The monoisotopic (exact) mass is 548 g/mol. The molecule has 0 N–H and O–H groups in total. The molecule has 0 unspecified atom stereocenters. The Balaban J connectivity index is -0.000000308. The van der Waals surface area contributed by atoms with E-state index in [-0.39, 0.29) is 46.0 Å². The first-order chi connectivity index (χ1) is 9.11. The normalized spacial score (nSPS) is 48.3. The summed E-state index contributed by atoms with van der Waals surface area (Å²) < 4.78 is 0. The van der Waals surface area contributed by atoms with E-state index in [0.717, 1.165) is 59.2 Å². The van der Waals surface area contributed by atoms with Crippen molar-refractivity contribution in [2.24, 2.45) is 59.2 Å². The molecular formula is C22H46U. The maximum Gasteiger partial charge on any atom is 2.00 e. The van der Waals surface area contributed by atoms with E-state index in [4.69, 9.17) is 0 Å². The third-order valence-corrected chi connectivity index (χ3v) is 8.29. The minimum absolute atomic E-state index is 0. The van der Waals surface area contributed by atoms with Crippen LogP contribution in [-0.4, -0.2) is 0 Å². The van der Waals surface area contributed by atoms with Gasteiger partial charge < -0.3 is 14.9 Å². The van der Waals surface area contributed by atoms with Crippen molar-refractivity contribution in [2.75, 3.05) is 0 Å². The molecule has 138 valence electrons. The maximum absolute atomic E-state index is 2.40. The van der Waals surface area contributed by atoms with E-state index in [1.807, 2.05) is 0 Å². The molecule has 0 heterocycles. The number of hydrogen-bond acceptors (Lipinski definition) is 0. The van der Waals surface area contributed by atoms with E-state index < -0.39 is 0 Å². The first-order valence-corrected chi connectivity index (χ1v) is 9.11. The standard InChI is InChI=1S/2C10H20.2CH3.U/c2*1-6-7(2)9(4)10(5)8(6)3;;;/h2*6-10H,1-5H3;2*1H3;/q;;2*-1;+2. The fourth-order valence-corrected chi connectivity index (χ4v) is 4.79. The third kappa shape index (κ3) is 6.06. The Hall–Kier alpha value is 1.05. The van der Waals surface area contributed by atoms with Crippen LogP contribution in [0.5, 0.6) is 0 Å². The Labute approximate surface area is 173 Å². The fourth-order valence-electron chi connectivity index (χ4n) is 4.79. The molecule has 0 aliphatic heterocycles. The third-order valence-electron chi connectivity index (χ3n) is 8.29. The predicted octanol–water partition coefficient (Wildman–Crippen LogP) is 7.26. The van der Waals surface area contributed by atoms with E-state index in [9.17, 15) is 0 Å². The van der Waals surface area contributed by atoms with E-state index in [0.29, 0.717) is 0 Å². The molecule has 2 aliphatic carbocycles. The summed E-state index contributed by atoms with van der Waals surface area (Å²) in [5, 5.41) is 0. The molecule has 2 rings (SSSR count). The molecule has 0 atom stereocenters. The summed E-state index contributed by atoms with van der Waals surface area (Å²) in [5.41, 5.74) is 0. The van der Waals surface area contributed by atoms with Gasteiger partial charge in [0.05, 0.1) is 0 Å². The van der Waals surface area contributed by atoms with Gasteiger partial charge in [-0.1, -0.05) is 69.2 Å². The second-order valence-corrected chi connectivity index (χ2v) is 8.59. The van der Waals surface area contributed by atoms with Gasteiger partial charge in [0.25, 0.3) is 0 Å². The second kappa shape index (κ2) is 11.6. The van der Waals surface area contributed by atoms with Crippen LogP contribution >= 0.6 is 0 Å². The van der Waals surface area contributed by atoms with Crippen molar-refractivity contribution in [3.63, 3.8) is 0 Å². The summed E-state index contributed by atoms with van der Waals surface area (Å²) in [6, 6.07) is 0. The molecule has 1 heteroatoms. The molecule has 0 spiro atoms. The van der Waals surface area contributed by atoms with Crippen LogP contribution in [0.4, 0.5) is 0 Å². The van der Waals surface area contributed by atoms with Crippen molar-refractivity contribution in [1.82, 2.24) is 0 Å². The maximum atomic E-state index is 2.40. The molecular weight excluding hydrogens is 502 g/mol. The summed E-state index contributed by atoms with van der Waals surface area (Å²) in [7, 11) is 0. The van der Waals surface area contributed by atoms with Crippen molar-refractivity contribution in [3.05, 3.63) is 14.9 Å². The van der Waals surface area contributed by atoms with Crippen LogP contribution in [0.1, 0.15) is 69.2 Å². The van der Waals surface area contributed by atoms with Gasteiger partial charge in [0, 0.05) is 0 Å². The smallest absolute Gasteiger partial charge is 0.358 e. The molecule has 23 heavy (non-hydrogen) atoms. The van der Waals surface area contributed by atoms with Gasteiger partial charge in [-0.2, -0.15) is 0 Å². The van der Waals surface area contributed by atoms with Crippen molar-refractivity contribution in [2.45, 2.75) is 69.2 Å². The van der Waals surface area contributed by atoms with E-state index in [1.54, 1.807) is 0 Å². The topological polar surface area (TPSA) is 0 Å². The zero-order valence-electron chi connectivity index (χ0n) is 18.3. The molecule has 2 saturated carbocycles. The minimum Gasteiger partial charge on any atom is -0.358 e. The van der Waals surface area contributed by atoms with Gasteiger partial charge in [0.2, 0.25) is 0 Å². The zero-order valence-corrected chi connectivity index (χ0v) is 22.4. The summed E-state index contributed by atoms with van der Waals surface area (Å²) in [6.45, 7) is 24.0. The van der Waals surface area contributed by atoms with Gasteiger partial charge in [-0.15, -0.1) is 0 Å². The van der Waals surface area contributed by atoms with Gasteiger partial charge in [0.15, 0.2) is 0 Å². The average molecular weight is 549 g/mol. The van der Waals surface area contributed by atoms with Crippen molar-refractivity contribution in [3.8, 4) is 0 Å². The van der Waals surface area contributed by atoms with Crippen molar-refractivity contribution < 1.29 is 31.1 Å². The Kier molecular flexibility index (Phi) is 14.6. The average Bonchev–Trinajstić information content (AvgIpc) is 2.71. The second-order valence-electron chi connectivity index (χ2n) is 8.59. The van der Waals surface area contributed by atoms with Crippen LogP contribution in [-0.2, 0) is 0 Å². The first-order valence-electron chi connectivity index (χ1n) is 9.11. The summed E-state index contributed by atoms with van der Waals surface area (Å²) >= 11 is 0. The van der Waals surface area contributed by atoms with E-state index in [1.165, 1.54) is 0 Å². The molecule has 0 radical (unpaired) electrons. The Morgan fingerprint density at radius 2 is 0.304 bits per heavy atom. The Morgan fingerprint density at radius 1 is 0.261 bits per heavy atom. The molecule has 0 aromatic rings. The summed E-state index contributed by atoms with van der Waals surface area (Å²) in [5.74, 6) is 9.35. The largest absolute Gasteiger partial charge is 2.00 e. The van der Waals surface area contributed by atoms with Gasteiger partial charge in [-0.05, 0) is 59.2 Å². The minimum atomic E-state index is 0. The van der Waals surface area contributed by atoms with Crippen molar-refractivity contribution in [1.29, 1.82) is 0 Å². The van der Waals surface area contributed by atoms with Crippen LogP contribution in [0.25, 0.3) is 0 Å². The van der Waals surface area contributed by atoms with E-state index in [2.05, 4.69) is 69.2 Å². The Morgan fingerprint density at radius 3 is 0.348 bits per heavy atom. The Bertz CT molecular complexity index is 181. The first kappa shape index (κ1) is 28.8. The molecule has 0 saturated heterocycles. The van der Waals surface area contributed by atoms with Gasteiger partial charge >= 0.3 is 31.1 Å². The molecule has 0 aromatic carbocycles. The molecule has 0 amide bonds. The van der Waals surface area contributed by atoms with E-state index >= 15 is 0 Å². The molecule has 0 nitrogen and oxygen atoms in total. The van der Waals surface area contributed by atoms with Crippen LogP contribution in [0.2, 0.25) is 0 Å². The number of hydrogen-bond donors (Lipinski definition) is 0. The van der Waals surface area contributed by atoms with Crippen molar-refractivity contribution >= 4 is 0 Å². The summed E-state index contributed by atoms with van der Waals surface area (Å²) in [6.07, 6.45) is 0. The van der Waals surface area contributed by atoms with Crippen LogP contribution in [0.15, 0.2) is 0 Å². The molecule has 2 aliphatic rings. The molecule has 0 aromatic heterocycles. The van der Waals surface area contributed by atoms with Crippen LogP contribution in [0, 0.1) is 105 Å². The fraction of sp³-hybridized carbons (Fsp3) is 0.909.